The first kappa shape index (κ1) is 15.5. The number of hydrogen-bond acceptors (Lipinski definition) is 4. The van der Waals surface area contributed by atoms with E-state index in [4.69, 9.17) is 0 Å². The summed E-state index contributed by atoms with van der Waals surface area (Å²) in [6, 6.07) is 6.63. The van der Waals surface area contributed by atoms with Crippen LogP contribution in [0.3, 0.4) is 0 Å². The molecule has 1 heterocycles. The van der Waals surface area contributed by atoms with Gasteiger partial charge in [0.2, 0.25) is 10.0 Å². The van der Waals surface area contributed by atoms with E-state index in [2.05, 4.69) is 4.72 Å². The molecule has 1 aliphatic rings. The fourth-order valence-corrected chi connectivity index (χ4v) is 6.00. The van der Waals surface area contributed by atoms with Gasteiger partial charge in [-0.1, -0.05) is 19.1 Å². The highest BCUT2D eigenvalue weighted by Gasteiger charge is 2.41. The van der Waals surface area contributed by atoms with E-state index in [0.29, 0.717) is 6.42 Å². The molecule has 1 saturated heterocycles. The third kappa shape index (κ3) is 3.39. The summed E-state index contributed by atoms with van der Waals surface area (Å²) < 4.78 is 50.2. The number of sulfone groups is 1. The normalized spacial score (nSPS) is 25.7. The number of nitrogens with one attached hydrogen (secondary N) is 1. The van der Waals surface area contributed by atoms with Crippen LogP contribution in [0.25, 0.3) is 0 Å². The van der Waals surface area contributed by atoms with Crippen molar-refractivity contribution in [3.63, 3.8) is 0 Å². The van der Waals surface area contributed by atoms with E-state index in [1.807, 2.05) is 6.92 Å². The van der Waals surface area contributed by atoms with Crippen molar-refractivity contribution < 1.29 is 16.8 Å². The Morgan fingerprint density at radius 3 is 2.30 bits per heavy atom. The molecule has 0 amide bonds. The van der Waals surface area contributed by atoms with Gasteiger partial charge in [-0.3, -0.25) is 0 Å². The Morgan fingerprint density at radius 1 is 1.25 bits per heavy atom. The van der Waals surface area contributed by atoms with Gasteiger partial charge < -0.3 is 0 Å². The maximum atomic E-state index is 12.3. The average Bonchev–Trinajstić information content (AvgIpc) is 2.62. The predicted molar refractivity (Wildman–Crippen MR) is 77.8 cm³/mol. The Balaban J connectivity index is 2.23. The van der Waals surface area contributed by atoms with E-state index >= 15 is 0 Å². The van der Waals surface area contributed by atoms with Crippen molar-refractivity contribution >= 4 is 19.9 Å². The first-order valence-corrected chi connectivity index (χ1v) is 9.80. The highest BCUT2D eigenvalue weighted by Crippen LogP contribution is 2.25. The largest absolute Gasteiger partial charge is 0.241 e. The number of benzene rings is 1. The van der Waals surface area contributed by atoms with Crippen LogP contribution < -0.4 is 4.72 Å². The molecule has 1 fully saturated rings. The van der Waals surface area contributed by atoms with Crippen LogP contribution in [0.1, 0.15) is 25.8 Å². The minimum atomic E-state index is -3.69. The van der Waals surface area contributed by atoms with Gasteiger partial charge in [0.25, 0.3) is 0 Å². The topological polar surface area (TPSA) is 80.3 Å². The van der Waals surface area contributed by atoms with Crippen LogP contribution in [0.5, 0.6) is 0 Å². The van der Waals surface area contributed by atoms with Gasteiger partial charge >= 0.3 is 0 Å². The summed E-state index contributed by atoms with van der Waals surface area (Å²) in [6.07, 6.45) is 1.14. The molecular formula is C13H19NO4S2. The zero-order valence-electron chi connectivity index (χ0n) is 11.6. The van der Waals surface area contributed by atoms with Gasteiger partial charge in [-0.25, -0.2) is 21.6 Å². The first-order chi connectivity index (χ1) is 9.16. The SMILES string of the molecule is CCc1ccc(S(=O)(=O)NC2(C)CCS(=O)(=O)C2)cc1. The molecule has 1 unspecified atom stereocenters. The lowest BCUT2D eigenvalue weighted by atomic mass is 10.0. The fraction of sp³-hybridized carbons (Fsp3) is 0.538. The van der Waals surface area contributed by atoms with Crippen molar-refractivity contribution in [1.82, 2.24) is 4.72 Å². The zero-order chi connectivity index (χ0) is 15.0. The molecule has 0 saturated carbocycles. The molecule has 20 heavy (non-hydrogen) atoms. The maximum absolute atomic E-state index is 12.3. The number of aryl methyl sites for hydroxylation is 1. The molecule has 1 aromatic rings. The Morgan fingerprint density at radius 2 is 1.85 bits per heavy atom. The Bertz CT molecular complexity index is 692. The van der Waals surface area contributed by atoms with Crippen molar-refractivity contribution in [2.75, 3.05) is 11.5 Å². The fourth-order valence-electron chi connectivity index (χ4n) is 2.38. The maximum Gasteiger partial charge on any atom is 0.241 e. The summed E-state index contributed by atoms with van der Waals surface area (Å²) in [5.74, 6) is -0.118. The van der Waals surface area contributed by atoms with Gasteiger partial charge in [-0.15, -0.1) is 0 Å². The van der Waals surface area contributed by atoms with Crippen molar-refractivity contribution in [2.24, 2.45) is 0 Å². The molecule has 7 heteroatoms. The smallest absolute Gasteiger partial charge is 0.229 e. The predicted octanol–water partition coefficient (Wildman–Crippen LogP) is 1.10. The van der Waals surface area contributed by atoms with Gasteiger partial charge in [0.15, 0.2) is 9.84 Å². The molecule has 0 radical (unpaired) electrons. The Kier molecular flexibility index (Phi) is 3.96. The molecule has 112 valence electrons. The Hall–Kier alpha value is -0.920. The lowest BCUT2D eigenvalue weighted by Gasteiger charge is -2.23. The van der Waals surface area contributed by atoms with E-state index in [0.717, 1.165) is 12.0 Å². The Labute approximate surface area is 120 Å². The van der Waals surface area contributed by atoms with Crippen LogP contribution in [-0.2, 0) is 26.3 Å². The van der Waals surface area contributed by atoms with E-state index < -0.39 is 25.4 Å². The van der Waals surface area contributed by atoms with Crippen molar-refractivity contribution in [2.45, 2.75) is 37.1 Å². The summed E-state index contributed by atoms with van der Waals surface area (Å²) >= 11 is 0. The average molecular weight is 317 g/mol. The minimum absolute atomic E-state index is 0.0286. The lowest BCUT2D eigenvalue weighted by Crippen LogP contribution is -2.46. The monoisotopic (exact) mass is 317 g/mol. The van der Waals surface area contributed by atoms with E-state index in [9.17, 15) is 16.8 Å². The van der Waals surface area contributed by atoms with Crippen LogP contribution in [0, 0.1) is 0 Å². The summed E-state index contributed by atoms with van der Waals surface area (Å²) in [7, 11) is -6.84. The van der Waals surface area contributed by atoms with E-state index in [1.54, 1.807) is 31.2 Å². The molecule has 2 rings (SSSR count). The van der Waals surface area contributed by atoms with Gasteiger partial charge in [0.05, 0.1) is 16.4 Å². The van der Waals surface area contributed by atoms with Crippen molar-refractivity contribution in [3.05, 3.63) is 29.8 Å². The summed E-state index contributed by atoms with van der Waals surface area (Å²) in [4.78, 5) is 0.167. The third-order valence-corrected chi connectivity index (χ3v) is 7.08. The van der Waals surface area contributed by atoms with E-state index in [-0.39, 0.29) is 16.4 Å². The van der Waals surface area contributed by atoms with Crippen LogP contribution in [0.15, 0.2) is 29.2 Å². The van der Waals surface area contributed by atoms with Gasteiger partial charge in [-0.2, -0.15) is 0 Å². The number of hydrogen-bond donors (Lipinski definition) is 1. The number of rotatable bonds is 4. The lowest BCUT2D eigenvalue weighted by molar-refractivity contribution is 0.462. The summed E-state index contributed by atoms with van der Waals surface area (Å²) in [5.41, 5.74) is 0.139. The second-order valence-electron chi connectivity index (χ2n) is 5.51. The quantitative estimate of drug-likeness (QED) is 0.902. The zero-order valence-corrected chi connectivity index (χ0v) is 13.2. The van der Waals surface area contributed by atoms with Gasteiger partial charge in [0, 0.05) is 5.54 Å². The molecule has 1 N–H and O–H groups in total. The molecule has 0 aromatic heterocycles. The van der Waals surface area contributed by atoms with Gasteiger partial charge in [-0.05, 0) is 37.5 Å². The standard InChI is InChI=1S/C13H19NO4S2/c1-3-11-4-6-12(7-5-11)20(17,18)14-13(2)8-9-19(15,16)10-13/h4-7,14H,3,8-10H2,1-2H3. The van der Waals surface area contributed by atoms with Gasteiger partial charge in [0.1, 0.15) is 0 Å². The molecule has 1 atom stereocenters. The third-order valence-electron chi connectivity index (χ3n) is 3.53. The molecule has 0 aliphatic carbocycles. The highest BCUT2D eigenvalue weighted by molar-refractivity contribution is 7.92. The molecule has 1 aliphatic heterocycles. The van der Waals surface area contributed by atoms with Crippen molar-refractivity contribution in [3.8, 4) is 0 Å². The van der Waals surface area contributed by atoms with Crippen LogP contribution in [-0.4, -0.2) is 33.9 Å². The minimum Gasteiger partial charge on any atom is -0.229 e. The molecular weight excluding hydrogens is 298 g/mol. The second kappa shape index (κ2) is 5.13. The van der Waals surface area contributed by atoms with Crippen molar-refractivity contribution in [1.29, 1.82) is 0 Å². The van der Waals surface area contributed by atoms with Crippen LogP contribution >= 0.6 is 0 Å². The highest BCUT2D eigenvalue weighted by atomic mass is 32.2. The molecule has 1 aromatic carbocycles. The number of sulfonamides is 1. The molecule has 0 bridgehead atoms. The molecule has 5 nitrogen and oxygen atoms in total. The molecule has 0 spiro atoms. The summed E-state index contributed by atoms with van der Waals surface area (Å²) in [5, 5.41) is 0. The summed E-state index contributed by atoms with van der Waals surface area (Å²) in [6.45, 7) is 3.63. The van der Waals surface area contributed by atoms with Crippen LogP contribution in [0.4, 0.5) is 0 Å². The van der Waals surface area contributed by atoms with Crippen LogP contribution in [0.2, 0.25) is 0 Å². The van der Waals surface area contributed by atoms with E-state index in [1.165, 1.54) is 0 Å². The first-order valence-electron chi connectivity index (χ1n) is 6.49. The second-order valence-corrected chi connectivity index (χ2v) is 9.37.